The molecule has 1 saturated heterocycles. The van der Waals surface area contributed by atoms with Gasteiger partial charge in [-0.15, -0.1) is 0 Å². The van der Waals surface area contributed by atoms with Gasteiger partial charge in [0.25, 0.3) is 0 Å². The Hall–Kier alpha value is -0.450. The third-order valence-corrected chi connectivity index (χ3v) is 6.84. The van der Waals surface area contributed by atoms with E-state index in [1.165, 1.54) is 42.1 Å². The summed E-state index contributed by atoms with van der Waals surface area (Å²) in [4.78, 5) is 12.5. The lowest BCUT2D eigenvalue weighted by atomic mass is 9.73. The summed E-state index contributed by atoms with van der Waals surface area (Å²) in [5.74, 6) is 0.802. The lowest BCUT2D eigenvalue weighted by Gasteiger charge is -2.51. The molecule has 1 heterocycles. The predicted octanol–water partition coefficient (Wildman–Crippen LogP) is 5.04. The van der Waals surface area contributed by atoms with E-state index in [0.717, 1.165) is 32.1 Å². The second kappa shape index (κ2) is 9.66. The largest absolute Gasteiger partial charge is 0.324 e. The molecule has 1 aliphatic heterocycles. The molecule has 1 N–H and O–H groups in total. The molecule has 0 radical (unpaired) electrons. The molecule has 154 valence electrons. The van der Waals surface area contributed by atoms with Gasteiger partial charge in [0.1, 0.15) is 5.78 Å². The van der Waals surface area contributed by atoms with E-state index in [4.69, 9.17) is 0 Å². The Bertz CT molecular complexity index is 415. The normalized spacial score (nSPS) is 21.1. The minimum absolute atomic E-state index is 0.256. The highest BCUT2D eigenvalue weighted by Gasteiger charge is 2.45. The summed E-state index contributed by atoms with van der Waals surface area (Å²) in [5.41, 5.74) is -0.511. The first-order valence-corrected chi connectivity index (χ1v) is 10.9. The summed E-state index contributed by atoms with van der Waals surface area (Å²) in [7, 11) is 0. The summed E-state index contributed by atoms with van der Waals surface area (Å²) < 4.78 is 1.21. The smallest absolute Gasteiger partial charge is 0.133 e. The molecular weight excluding hydrogens is 324 g/mol. The quantitative estimate of drug-likeness (QED) is 0.410. The lowest BCUT2D eigenvalue weighted by molar-refractivity contribution is -0.923. The second-order valence-corrected chi connectivity index (χ2v) is 9.78. The summed E-state index contributed by atoms with van der Waals surface area (Å²) in [6, 6.07) is 0. The lowest BCUT2D eigenvalue weighted by Crippen LogP contribution is -2.59. The molecule has 26 heavy (non-hydrogen) atoms. The van der Waals surface area contributed by atoms with Gasteiger partial charge in [0.15, 0.2) is 0 Å². The van der Waals surface area contributed by atoms with Crippen LogP contribution in [0.25, 0.3) is 0 Å². The predicted molar refractivity (Wildman–Crippen MR) is 109 cm³/mol. The first kappa shape index (κ1) is 23.6. The fourth-order valence-electron chi connectivity index (χ4n) is 5.14. The Morgan fingerprint density at radius 2 is 1.46 bits per heavy atom. The summed E-state index contributed by atoms with van der Waals surface area (Å²) in [6.45, 7) is 20.0. The van der Waals surface area contributed by atoms with Crippen molar-refractivity contribution in [1.82, 2.24) is 5.06 Å². The third kappa shape index (κ3) is 6.31. The van der Waals surface area contributed by atoms with Gasteiger partial charge < -0.3 is 9.69 Å². The van der Waals surface area contributed by atoms with Crippen molar-refractivity contribution in [3.8, 4) is 0 Å². The fourth-order valence-corrected chi connectivity index (χ4v) is 5.14. The molecule has 0 bridgehead atoms. The molecule has 0 unspecified atom stereocenters. The number of quaternary nitrogens is 1. The number of hydrogen-bond acceptors (Lipinski definition) is 3. The summed E-state index contributed by atoms with van der Waals surface area (Å²) in [6.07, 6.45) is 6.61. The number of hydrogen-bond donors (Lipinski definition) is 1. The maximum atomic E-state index is 12.5. The van der Waals surface area contributed by atoms with Crippen molar-refractivity contribution in [3.05, 3.63) is 0 Å². The average molecular weight is 370 g/mol. The van der Waals surface area contributed by atoms with Crippen LogP contribution in [0.2, 0.25) is 0 Å². The minimum Gasteiger partial charge on any atom is -0.324 e. The van der Waals surface area contributed by atoms with Gasteiger partial charge in [-0.3, -0.25) is 4.79 Å². The highest BCUT2D eigenvalue weighted by atomic mass is 16.5. The number of ketones is 1. The van der Waals surface area contributed by atoms with Crippen LogP contribution in [0.3, 0.4) is 0 Å². The monoisotopic (exact) mass is 369 g/mol. The van der Waals surface area contributed by atoms with Crippen molar-refractivity contribution in [2.75, 3.05) is 26.2 Å². The molecule has 0 aromatic heterocycles. The van der Waals surface area contributed by atoms with Crippen LogP contribution in [0.15, 0.2) is 0 Å². The van der Waals surface area contributed by atoms with E-state index in [2.05, 4.69) is 48.5 Å². The highest BCUT2D eigenvalue weighted by Crippen LogP contribution is 2.41. The molecule has 1 fully saturated rings. The van der Waals surface area contributed by atoms with Crippen LogP contribution in [0, 0.1) is 5.92 Å². The Labute approximate surface area is 162 Å². The molecule has 0 aromatic rings. The van der Waals surface area contributed by atoms with Crippen molar-refractivity contribution in [2.45, 2.75) is 104 Å². The number of rotatable bonds is 11. The van der Waals surface area contributed by atoms with Gasteiger partial charge in [-0.05, 0) is 86.5 Å². The third-order valence-electron chi connectivity index (χ3n) is 6.84. The van der Waals surface area contributed by atoms with Crippen molar-refractivity contribution < 1.29 is 14.5 Å². The first-order chi connectivity index (χ1) is 12.0. The number of carbonyl (C=O) groups is 1. The van der Waals surface area contributed by atoms with Crippen LogP contribution in [-0.2, 0) is 4.79 Å². The van der Waals surface area contributed by atoms with Crippen LogP contribution < -0.4 is 0 Å². The zero-order valence-electron chi connectivity index (χ0n) is 18.6. The standard InChI is InChI=1S/C22H45N2O2/c1-8-24(9-2,10-3)15-13-11-12-14-20(25)16-19-17-21(4,5)23(26)22(6,7)18-19/h19,26H,8-18H2,1-7H3/q+1. The molecule has 1 aliphatic rings. The Morgan fingerprint density at radius 1 is 0.962 bits per heavy atom. The van der Waals surface area contributed by atoms with Crippen molar-refractivity contribution in [2.24, 2.45) is 5.92 Å². The van der Waals surface area contributed by atoms with E-state index in [9.17, 15) is 10.0 Å². The first-order valence-electron chi connectivity index (χ1n) is 10.9. The summed E-state index contributed by atoms with van der Waals surface area (Å²) in [5, 5.41) is 11.9. The number of hydroxylamine groups is 2. The number of Topliss-reactive ketones (excluding diaryl/α,β-unsaturated/α-hetero) is 1. The van der Waals surface area contributed by atoms with E-state index in [1.807, 2.05) is 0 Å². The van der Waals surface area contributed by atoms with Crippen molar-refractivity contribution >= 4 is 5.78 Å². The minimum atomic E-state index is -0.256. The van der Waals surface area contributed by atoms with Crippen LogP contribution >= 0.6 is 0 Å². The second-order valence-electron chi connectivity index (χ2n) is 9.78. The molecule has 4 nitrogen and oxygen atoms in total. The van der Waals surface area contributed by atoms with Gasteiger partial charge in [0, 0.05) is 23.9 Å². The molecule has 0 amide bonds. The molecule has 4 heteroatoms. The Kier molecular flexibility index (Phi) is 8.76. The Morgan fingerprint density at radius 3 is 1.92 bits per heavy atom. The zero-order valence-corrected chi connectivity index (χ0v) is 18.6. The van der Waals surface area contributed by atoms with E-state index in [0.29, 0.717) is 18.1 Å². The molecule has 0 aliphatic carbocycles. The molecule has 0 saturated carbocycles. The maximum Gasteiger partial charge on any atom is 0.133 e. The van der Waals surface area contributed by atoms with Crippen LogP contribution in [0.5, 0.6) is 0 Å². The van der Waals surface area contributed by atoms with Gasteiger partial charge in [-0.2, -0.15) is 5.06 Å². The maximum absolute atomic E-state index is 12.5. The number of unbranched alkanes of at least 4 members (excludes halogenated alkanes) is 2. The van der Waals surface area contributed by atoms with E-state index in [1.54, 1.807) is 0 Å². The summed E-state index contributed by atoms with van der Waals surface area (Å²) >= 11 is 0. The van der Waals surface area contributed by atoms with Crippen LogP contribution in [0.4, 0.5) is 0 Å². The SMILES string of the molecule is CC[N+](CC)(CC)CCCCCC(=O)CC1CC(C)(C)N(O)C(C)(C)C1. The van der Waals surface area contributed by atoms with Gasteiger partial charge in [0.05, 0.1) is 26.2 Å². The number of nitrogens with zero attached hydrogens (tertiary/aromatic N) is 2. The topological polar surface area (TPSA) is 40.5 Å². The highest BCUT2D eigenvalue weighted by molar-refractivity contribution is 5.78. The van der Waals surface area contributed by atoms with Crippen LogP contribution in [0.1, 0.15) is 93.4 Å². The number of piperidine rings is 1. The van der Waals surface area contributed by atoms with Gasteiger partial charge >= 0.3 is 0 Å². The molecule has 1 rings (SSSR count). The van der Waals surface area contributed by atoms with Crippen LogP contribution in [-0.4, -0.2) is 57.8 Å². The molecular formula is C22H45N2O2+. The molecule has 0 aromatic carbocycles. The number of carbonyl (C=O) groups excluding carboxylic acids is 1. The van der Waals surface area contributed by atoms with Gasteiger partial charge in [-0.1, -0.05) is 0 Å². The van der Waals surface area contributed by atoms with Gasteiger partial charge in [-0.25, -0.2) is 0 Å². The average Bonchev–Trinajstić information content (AvgIpc) is 2.56. The molecule has 0 spiro atoms. The van der Waals surface area contributed by atoms with E-state index in [-0.39, 0.29) is 11.1 Å². The molecule has 0 atom stereocenters. The van der Waals surface area contributed by atoms with E-state index < -0.39 is 0 Å². The van der Waals surface area contributed by atoms with E-state index >= 15 is 0 Å². The van der Waals surface area contributed by atoms with Gasteiger partial charge in [0.2, 0.25) is 0 Å². The Balaban J connectivity index is 2.35. The van der Waals surface area contributed by atoms with Crippen molar-refractivity contribution in [1.29, 1.82) is 0 Å². The van der Waals surface area contributed by atoms with Crippen molar-refractivity contribution in [3.63, 3.8) is 0 Å². The zero-order chi connectivity index (χ0) is 20.0. The fraction of sp³-hybridized carbons (Fsp3) is 0.955.